The molecule has 1 aromatic heterocycles. The lowest BCUT2D eigenvalue weighted by Gasteiger charge is -2.24. The number of aromatic carboxylic acids is 1. The Morgan fingerprint density at radius 2 is 2.14 bits per heavy atom. The Hall–Kier alpha value is -2.48. The molecule has 2 saturated heterocycles. The number of fused-ring (bicyclic) bond motifs is 2. The number of rotatable bonds is 4. The minimum atomic E-state index is -1.41. The minimum absolute atomic E-state index is 0.0314. The van der Waals surface area contributed by atoms with Gasteiger partial charge < -0.3 is 19.9 Å². The summed E-state index contributed by atoms with van der Waals surface area (Å²) in [6, 6.07) is 1.19. The Bertz CT molecular complexity index is 991. The van der Waals surface area contributed by atoms with Crippen LogP contribution in [-0.4, -0.2) is 41.3 Å². The smallest absolute Gasteiger partial charge is 0.341 e. The zero-order valence-corrected chi connectivity index (χ0v) is 15.7. The standard InChI is InChI=1S/C20H23F2N3O3/c1-2-6-24-9-13(20(27)28)19(26)12-7-14(21)18(16(22)17(12)24)25-8-11-4-3-5-23-15(11)10-25/h7,9,11,15,23H,2-6,8,10H2,1H3,(H,27,28). The molecule has 0 bridgehead atoms. The Balaban J connectivity index is 1.90. The number of hydrogen-bond acceptors (Lipinski definition) is 4. The molecule has 6 nitrogen and oxygen atoms in total. The molecule has 3 heterocycles. The van der Waals surface area contributed by atoms with Crippen molar-refractivity contribution in [1.29, 1.82) is 0 Å². The number of carbonyl (C=O) groups is 1. The van der Waals surface area contributed by atoms with Crippen LogP contribution in [0, 0.1) is 17.6 Å². The monoisotopic (exact) mass is 391 g/mol. The molecule has 2 aliphatic heterocycles. The van der Waals surface area contributed by atoms with Crippen molar-refractivity contribution in [3.63, 3.8) is 0 Å². The molecular formula is C20H23F2N3O3. The molecule has 2 atom stereocenters. The number of carboxylic acid groups (broad SMARTS) is 1. The van der Waals surface area contributed by atoms with Crippen LogP contribution in [-0.2, 0) is 6.54 Å². The molecule has 28 heavy (non-hydrogen) atoms. The van der Waals surface area contributed by atoms with Gasteiger partial charge in [0.05, 0.1) is 10.9 Å². The van der Waals surface area contributed by atoms with Crippen molar-refractivity contribution < 1.29 is 18.7 Å². The number of nitrogens with one attached hydrogen (secondary N) is 1. The van der Waals surface area contributed by atoms with E-state index >= 15 is 4.39 Å². The van der Waals surface area contributed by atoms with Gasteiger partial charge in [0.1, 0.15) is 17.1 Å². The van der Waals surface area contributed by atoms with Crippen LogP contribution in [0.25, 0.3) is 10.9 Å². The van der Waals surface area contributed by atoms with Crippen molar-refractivity contribution >= 4 is 22.6 Å². The molecule has 0 saturated carbocycles. The maximum absolute atomic E-state index is 15.5. The van der Waals surface area contributed by atoms with Gasteiger partial charge in [-0.2, -0.15) is 0 Å². The molecule has 0 radical (unpaired) electrons. The predicted molar refractivity (Wildman–Crippen MR) is 102 cm³/mol. The van der Waals surface area contributed by atoms with Crippen molar-refractivity contribution in [3.8, 4) is 0 Å². The van der Waals surface area contributed by atoms with Gasteiger partial charge in [-0.25, -0.2) is 13.6 Å². The van der Waals surface area contributed by atoms with Crippen LogP contribution in [0.1, 0.15) is 36.5 Å². The fourth-order valence-electron chi connectivity index (χ4n) is 4.57. The Kier molecular flexibility index (Phi) is 4.82. The molecule has 0 aliphatic carbocycles. The van der Waals surface area contributed by atoms with E-state index in [1.165, 1.54) is 4.57 Å². The molecule has 2 unspecified atom stereocenters. The van der Waals surface area contributed by atoms with Crippen molar-refractivity contribution in [1.82, 2.24) is 9.88 Å². The summed E-state index contributed by atoms with van der Waals surface area (Å²) in [6.07, 6.45) is 3.84. The van der Waals surface area contributed by atoms with Crippen molar-refractivity contribution in [2.24, 2.45) is 5.92 Å². The number of aryl methyl sites for hydroxylation is 1. The molecule has 4 rings (SSSR count). The van der Waals surface area contributed by atoms with Gasteiger partial charge in [-0.05, 0) is 37.8 Å². The van der Waals surface area contributed by atoms with Gasteiger partial charge in [0.15, 0.2) is 5.82 Å². The molecule has 2 aliphatic rings. The number of halogens is 2. The quantitative estimate of drug-likeness (QED) is 0.838. The second kappa shape index (κ2) is 7.16. The normalized spacial score (nSPS) is 21.9. The Morgan fingerprint density at radius 1 is 1.36 bits per heavy atom. The molecule has 8 heteroatoms. The van der Waals surface area contributed by atoms with E-state index < -0.39 is 28.6 Å². The average Bonchev–Trinajstić information content (AvgIpc) is 3.07. The van der Waals surface area contributed by atoms with Crippen LogP contribution in [0.15, 0.2) is 17.1 Å². The van der Waals surface area contributed by atoms with Gasteiger partial charge in [0, 0.05) is 31.9 Å². The Labute approximate surface area is 160 Å². The molecular weight excluding hydrogens is 368 g/mol. The van der Waals surface area contributed by atoms with Gasteiger partial charge in [-0.15, -0.1) is 0 Å². The number of piperidine rings is 1. The Morgan fingerprint density at radius 3 is 2.82 bits per heavy atom. The van der Waals surface area contributed by atoms with E-state index in [2.05, 4.69) is 5.32 Å². The third kappa shape index (κ3) is 2.96. The highest BCUT2D eigenvalue weighted by Crippen LogP contribution is 2.35. The summed E-state index contributed by atoms with van der Waals surface area (Å²) in [7, 11) is 0. The fourth-order valence-corrected chi connectivity index (χ4v) is 4.57. The van der Waals surface area contributed by atoms with E-state index in [1.807, 2.05) is 6.92 Å². The van der Waals surface area contributed by atoms with Gasteiger partial charge in [-0.1, -0.05) is 6.92 Å². The highest BCUT2D eigenvalue weighted by molar-refractivity contribution is 5.93. The summed E-state index contributed by atoms with van der Waals surface area (Å²) in [5, 5.41) is 12.5. The zero-order valence-electron chi connectivity index (χ0n) is 15.7. The number of aromatic nitrogens is 1. The lowest BCUT2D eigenvalue weighted by molar-refractivity contribution is 0.0694. The molecule has 0 spiro atoms. The SMILES string of the molecule is CCCn1cc(C(=O)O)c(=O)c2cc(F)c(N3CC4CCCNC4C3)c(F)c21. The molecule has 1 aromatic carbocycles. The first-order valence-electron chi connectivity index (χ1n) is 9.69. The van der Waals surface area contributed by atoms with Gasteiger partial charge in [0.2, 0.25) is 5.43 Å². The summed E-state index contributed by atoms with van der Waals surface area (Å²) in [4.78, 5) is 25.6. The van der Waals surface area contributed by atoms with Crippen LogP contribution in [0.4, 0.5) is 14.5 Å². The number of benzene rings is 1. The number of anilines is 1. The third-order valence-corrected chi connectivity index (χ3v) is 5.84. The van der Waals surface area contributed by atoms with Crippen LogP contribution in [0.3, 0.4) is 0 Å². The van der Waals surface area contributed by atoms with E-state index in [0.717, 1.165) is 31.6 Å². The van der Waals surface area contributed by atoms with Crippen LogP contribution in [0.2, 0.25) is 0 Å². The summed E-state index contributed by atoms with van der Waals surface area (Å²) < 4.78 is 31.9. The second-order valence-electron chi connectivity index (χ2n) is 7.66. The molecule has 2 N–H and O–H groups in total. The largest absolute Gasteiger partial charge is 0.477 e. The van der Waals surface area contributed by atoms with E-state index in [9.17, 15) is 19.1 Å². The maximum atomic E-state index is 15.5. The highest BCUT2D eigenvalue weighted by atomic mass is 19.1. The van der Waals surface area contributed by atoms with Crippen LogP contribution in [0.5, 0.6) is 0 Å². The van der Waals surface area contributed by atoms with Crippen molar-refractivity contribution in [2.75, 3.05) is 24.5 Å². The lowest BCUT2D eigenvalue weighted by Crippen LogP contribution is -2.40. The average molecular weight is 391 g/mol. The first kappa shape index (κ1) is 18.9. The van der Waals surface area contributed by atoms with Crippen LogP contribution >= 0.6 is 0 Å². The molecule has 2 aromatic rings. The number of hydrogen-bond donors (Lipinski definition) is 2. The number of carboxylic acids is 1. The minimum Gasteiger partial charge on any atom is -0.477 e. The number of pyridine rings is 1. The molecule has 2 fully saturated rings. The van der Waals surface area contributed by atoms with Gasteiger partial charge in [-0.3, -0.25) is 4.79 Å². The van der Waals surface area contributed by atoms with Crippen LogP contribution < -0.4 is 15.6 Å². The molecule has 150 valence electrons. The molecule has 0 amide bonds. The second-order valence-corrected chi connectivity index (χ2v) is 7.66. The maximum Gasteiger partial charge on any atom is 0.341 e. The summed E-state index contributed by atoms with van der Waals surface area (Å²) in [5.41, 5.74) is -1.51. The summed E-state index contributed by atoms with van der Waals surface area (Å²) >= 11 is 0. The lowest BCUT2D eigenvalue weighted by atomic mass is 9.94. The van der Waals surface area contributed by atoms with Crippen molar-refractivity contribution in [3.05, 3.63) is 39.7 Å². The summed E-state index contributed by atoms with van der Waals surface area (Å²) in [5.74, 6) is -2.69. The van der Waals surface area contributed by atoms with Crippen molar-refractivity contribution in [2.45, 2.75) is 38.8 Å². The highest BCUT2D eigenvalue weighted by Gasteiger charge is 2.37. The van der Waals surface area contributed by atoms with E-state index in [-0.39, 0.29) is 22.6 Å². The number of nitrogens with zero attached hydrogens (tertiary/aromatic N) is 2. The van der Waals surface area contributed by atoms with Gasteiger partial charge in [0.25, 0.3) is 0 Å². The predicted octanol–water partition coefficient (Wildman–Crippen LogP) is 2.58. The first-order chi connectivity index (χ1) is 13.4. The topological polar surface area (TPSA) is 74.6 Å². The fraction of sp³-hybridized carbons (Fsp3) is 0.500. The van der Waals surface area contributed by atoms with Gasteiger partial charge >= 0.3 is 5.97 Å². The van der Waals surface area contributed by atoms with E-state index in [1.54, 1.807) is 4.90 Å². The van der Waals surface area contributed by atoms with E-state index in [4.69, 9.17) is 0 Å². The summed E-state index contributed by atoms with van der Waals surface area (Å²) in [6.45, 7) is 4.17. The van der Waals surface area contributed by atoms with E-state index in [0.29, 0.717) is 32.0 Å². The third-order valence-electron chi connectivity index (χ3n) is 5.84. The zero-order chi connectivity index (χ0) is 20.0. The first-order valence-corrected chi connectivity index (χ1v) is 9.69.